The highest BCUT2D eigenvalue weighted by atomic mass is 35.5. The van der Waals surface area contributed by atoms with Gasteiger partial charge < -0.3 is 9.64 Å². The zero-order valence-corrected chi connectivity index (χ0v) is 14.6. The van der Waals surface area contributed by atoms with E-state index in [1.54, 1.807) is 0 Å². The molecule has 1 atom stereocenters. The average molecular weight is 322 g/mol. The van der Waals surface area contributed by atoms with Gasteiger partial charge in [-0.1, -0.05) is 6.42 Å². The van der Waals surface area contributed by atoms with Crippen LogP contribution in [0.1, 0.15) is 59.3 Å². The Labute approximate surface area is 132 Å². The molecule has 0 aromatic heterocycles. The average Bonchev–Trinajstić information content (AvgIpc) is 2.31. The Morgan fingerprint density at radius 2 is 1.80 bits per heavy atom. The highest BCUT2D eigenvalue weighted by molar-refractivity contribution is 8.01. The lowest BCUT2D eigenvalue weighted by Gasteiger charge is -2.28. The molecule has 0 N–H and O–H groups in total. The van der Waals surface area contributed by atoms with Gasteiger partial charge in [0, 0.05) is 13.1 Å². The summed E-state index contributed by atoms with van der Waals surface area (Å²) in [7, 11) is 0. The maximum Gasteiger partial charge on any atom is 0.410 e. The Bertz CT molecular complexity index is 294. The fourth-order valence-electron chi connectivity index (χ4n) is 2.10. The monoisotopic (exact) mass is 321 g/mol. The summed E-state index contributed by atoms with van der Waals surface area (Å²) in [6.07, 6.45) is 6.29. The van der Waals surface area contributed by atoms with E-state index in [-0.39, 0.29) is 10.8 Å². The quantitative estimate of drug-likeness (QED) is 0.596. The highest BCUT2D eigenvalue weighted by Crippen LogP contribution is 2.23. The standard InChI is InChI=1S/C15H28ClNO2S/c1-15(2,3)19-14(18)17-10-6-4-8-12-20-13(16)9-5-7-11-17/h13H,4-12H2,1-3H3. The summed E-state index contributed by atoms with van der Waals surface area (Å²) in [6.45, 7) is 7.33. The molecule has 1 aliphatic rings. The first-order valence-electron chi connectivity index (χ1n) is 7.62. The summed E-state index contributed by atoms with van der Waals surface area (Å²) in [5.74, 6) is 1.13. The van der Waals surface area contributed by atoms with Crippen molar-refractivity contribution in [3.05, 3.63) is 0 Å². The lowest BCUT2D eigenvalue weighted by atomic mass is 10.2. The number of ether oxygens (including phenoxy) is 1. The summed E-state index contributed by atoms with van der Waals surface area (Å²) in [5, 5.41) is 0. The predicted octanol–water partition coefficient (Wildman–Crippen LogP) is 4.88. The number of carbonyl (C=O) groups is 1. The van der Waals surface area contributed by atoms with E-state index < -0.39 is 5.60 Å². The topological polar surface area (TPSA) is 29.5 Å². The third kappa shape index (κ3) is 8.25. The van der Waals surface area contributed by atoms with Gasteiger partial charge in [0.05, 0.1) is 4.71 Å². The molecule has 1 amide bonds. The van der Waals surface area contributed by atoms with Crippen molar-refractivity contribution < 1.29 is 9.53 Å². The van der Waals surface area contributed by atoms with E-state index in [1.807, 2.05) is 37.4 Å². The van der Waals surface area contributed by atoms with Gasteiger partial charge in [0.1, 0.15) is 5.60 Å². The van der Waals surface area contributed by atoms with Crippen molar-refractivity contribution in [1.82, 2.24) is 4.90 Å². The number of rotatable bonds is 0. The van der Waals surface area contributed by atoms with E-state index in [0.717, 1.165) is 50.9 Å². The number of thioether (sulfide) groups is 1. The van der Waals surface area contributed by atoms with Crippen molar-refractivity contribution in [2.24, 2.45) is 0 Å². The minimum Gasteiger partial charge on any atom is -0.444 e. The van der Waals surface area contributed by atoms with E-state index >= 15 is 0 Å². The molecule has 118 valence electrons. The fraction of sp³-hybridized carbons (Fsp3) is 0.933. The molecule has 1 fully saturated rings. The summed E-state index contributed by atoms with van der Waals surface area (Å²) in [6, 6.07) is 0. The van der Waals surface area contributed by atoms with Gasteiger partial charge in [0.15, 0.2) is 0 Å². The van der Waals surface area contributed by atoms with Gasteiger partial charge in [-0.05, 0) is 58.6 Å². The SMILES string of the molecule is CC(C)(C)OC(=O)N1CCCCCSC(Cl)CCCC1. The van der Waals surface area contributed by atoms with Gasteiger partial charge in [0.2, 0.25) is 0 Å². The summed E-state index contributed by atoms with van der Waals surface area (Å²) < 4.78 is 5.71. The van der Waals surface area contributed by atoms with Gasteiger partial charge in [-0.2, -0.15) is 0 Å². The predicted molar refractivity (Wildman–Crippen MR) is 87.6 cm³/mol. The van der Waals surface area contributed by atoms with Crippen molar-refractivity contribution in [1.29, 1.82) is 0 Å². The molecule has 1 rings (SSSR count). The van der Waals surface area contributed by atoms with Crippen LogP contribution in [0, 0.1) is 0 Å². The Morgan fingerprint density at radius 1 is 1.15 bits per heavy atom. The maximum atomic E-state index is 12.2. The van der Waals surface area contributed by atoms with Crippen LogP contribution in [0.4, 0.5) is 4.79 Å². The zero-order valence-electron chi connectivity index (χ0n) is 13.0. The molecule has 0 saturated carbocycles. The Hall–Kier alpha value is -0.0900. The molecular formula is C15H28ClNO2S. The van der Waals surface area contributed by atoms with Gasteiger partial charge >= 0.3 is 6.09 Å². The first kappa shape index (κ1) is 18.0. The minimum absolute atomic E-state index is 0.175. The van der Waals surface area contributed by atoms with Crippen LogP contribution in [0.5, 0.6) is 0 Å². The summed E-state index contributed by atoms with van der Waals surface area (Å²) >= 11 is 8.12. The number of amides is 1. The second-order valence-electron chi connectivity index (χ2n) is 6.30. The van der Waals surface area contributed by atoms with Gasteiger partial charge in [-0.25, -0.2) is 4.79 Å². The molecule has 5 heteroatoms. The third-order valence-electron chi connectivity index (χ3n) is 3.13. The Balaban J connectivity index is 2.48. The molecule has 0 spiro atoms. The Kier molecular flexibility index (Phi) is 8.11. The first-order chi connectivity index (χ1) is 9.38. The molecule has 3 nitrogen and oxygen atoms in total. The Morgan fingerprint density at radius 3 is 2.45 bits per heavy atom. The van der Waals surface area contributed by atoms with Crippen molar-refractivity contribution in [2.45, 2.75) is 69.6 Å². The molecule has 20 heavy (non-hydrogen) atoms. The van der Waals surface area contributed by atoms with Crippen LogP contribution >= 0.6 is 23.4 Å². The van der Waals surface area contributed by atoms with Crippen LogP contribution in [0.3, 0.4) is 0 Å². The fourth-order valence-corrected chi connectivity index (χ4v) is 3.49. The lowest BCUT2D eigenvalue weighted by molar-refractivity contribution is 0.0243. The summed E-state index contributed by atoms with van der Waals surface area (Å²) in [5.41, 5.74) is -0.418. The first-order valence-corrected chi connectivity index (χ1v) is 9.10. The number of hydrogen-bond donors (Lipinski definition) is 0. The molecule has 0 radical (unpaired) electrons. The van der Waals surface area contributed by atoms with Crippen molar-refractivity contribution in [3.8, 4) is 0 Å². The van der Waals surface area contributed by atoms with E-state index in [0.29, 0.717) is 0 Å². The lowest BCUT2D eigenvalue weighted by Crippen LogP contribution is -2.38. The molecule has 1 unspecified atom stereocenters. The van der Waals surface area contributed by atoms with Gasteiger partial charge in [0.25, 0.3) is 0 Å². The van der Waals surface area contributed by atoms with Crippen LogP contribution in [-0.2, 0) is 4.74 Å². The number of nitrogens with zero attached hydrogens (tertiary/aromatic N) is 1. The summed E-state index contributed by atoms with van der Waals surface area (Å²) in [4.78, 5) is 14.0. The van der Waals surface area contributed by atoms with E-state index in [4.69, 9.17) is 16.3 Å². The van der Waals surface area contributed by atoms with Crippen LogP contribution in [0.15, 0.2) is 0 Å². The molecule has 0 bridgehead atoms. The van der Waals surface area contributed by atoms with Crippen LogP contribution in [-0.4, -0.2) is 40.1 Å². The number of alkyl halides is 1. The largest absolute Gasteiger partial charge is 0.444 e. The second kappa shape index (κ2) is 9.04. The molecule has 1 heterocycles. The van der Waals surface area contributed by atoms with E-state index in [2.05, 4.69) is 0 Å². The van der Waals surface area contributed by atoms with Crippen molar-refractivity contribution in [2.75, 3.05) is 18.8 Å². The smallest absolute Gasteiger partial charge is 0.410 e. The second-order valence-corrected chi connectivity index (χ2v) is 8.40. The normalized spacial score (nSPS) is 23.6. The minimum atomic E-state index is -0.418. The van der Waals surface area contributed by atoms with Gasteiger partial charge in [-0.15, -0.1) is 23.4 Å². The van der Waals surface area contributed by atoms with Crippen LogP contribution in [0.25, 0.3) is 0 Å². The number of halogens is 1. The molecule has 1 aliphatic heterocycles. The van der Waals surface area contributed by atoms with Crippen LogP contribution < -0.4 is 0 Å². The zero-order chi connectivity index (χ0) is 15.0. The van der Waals surface area contributed by atoms with Crippen molar-refractivity contribution in [3.63, 3.8) is 0 Å². The maximum absolute atomic E-state index is 12.2. The third-order valence-corrected chi connectivity index (χ3v) is 4.85. The molecular weight excluding hydrogens is 294 g/mol. The molecule has 0 aromatic carbocycles. The van der Waals surface area contributed by atoms with E-state index in [1.165, 1.54) is 6.42 Å². The molecule has 0 aromatic rings. The molecule has 0 aliphatic carbocycles. The van der Waals surface area contributed by atoms with Crippen molar-refractivity contribution >= 4 is 29.5 Å². The van der Waals surface area contributed by atoms with Crippen LogP contribution in [0.2, 0.25) is 0 Å². The molecule has 1 saturated heterocycles. The number of hydrogen-bond acceptors (Lipinski definition) is 3. The highest BCUT2D eigenvalue weighted by Gasteiger charge is 2.21. The van der Waals surface area contributed by atoms with E-state index in [9.17, 15) is 4.79 Å². The van der Waals surface area contributed by atoms with Gasteiger partial charge in [-0.3, -0.25) is 0 Å². The number of carbonyl (C=O) groups excluding carboxylic acids is 1.